The van der Waals surface area contributed by atoms with E-state index in [0.29, 0.717) is 0 Å². The highest BCUT2D eigenvalue weighted by Gasteiger charge is 2.52. The van der Waals surface area contributed by atoms with E-state index in [1.54, 1.807) is 0 Å². The summed E-state index contributed by atoms with van der Waals surface area (Å²) in [5.74, 6) is 0. The Hall–Kier alpha value is -3.67. The zero-order chi connectivity index (χ0) is 27.9. The number of aryl methyl sites for hydroxylation is 2. The first-order valence-corrected chi connectivity index (χ1v) is 11.3. The van der Waals surface area contributed by atoms with Crippen LogP contribution >= 0.6 is 0 Å². The molecule has 0 bridgehead atoms. The Bertz CT molecular complexity index is 1330. The quantitative estimate of drug-likeness (QED) is 0.293. The summed E-state index contributed by atoms with van der Waals surface area (Å²) in [5, 5.41) is 19.2. The molecule has 0 saturated carbocycles. The molecular weight excluding hydrogens is 522 g/mol. The number of aromatic amines is 2. The van der Waals surface area contributed by atoms with E-state index in [4.69, 9.17) is 18.9 Å². The third-order valence-electron chi connectivity index (χ3n) is 6.20. The molecule has 0 aromatic carbocycles. The maximum atomic E-state index is 15.3. The van der Waals surface area contributed by atoms with Gasteiger partial charge in [0, 0.05) is 23.5 Å². The normalized spacial score (nSPS) is 30.9. The van der Waals surface area contributed by atoms with Gasteiger partial charge in [0.25, 0.3) is 11.1 Å². The maximum Gasteiger partial charge on any atom is 0.509 e. The van der Waals surface area contributed by atoms with Crippen LogP contribution in [0.1, 0.15) is 23.6 Å². The number of H-pyrrole nitrogens is 2. The molecule has 0 spiro atoms. The molecule has 2 aliphatic rings. The molecule has 38 heavy (non-hydrogen) atoms. The summed E-state index contributed by atoms with van der Waals surface area (Å²) in [4.78, 5) is 63.9. The van der Waals surface area contributed by atoms with Crippen molar-refractivity contribution in [2.24, 2.45) is 0 Å². The fourth-order valence-corrected chi connectivity index (χ4v) is 4.21. The predicted octanol–water partition coefficient (Wildman–Crippen LogP) is -1.95. The first-order valence-electron chi connectivity index (χ1n) is 11.3. The predicted molar refractivity (Wildman–Crippen MR) is 119 cm³/mol. The molecule has 15 nitrogen and oxygen atoms in total. The van der Waals surface area contributed by atoms with Gasteiger partial charge in [0.15, 0.2) is 37.0 Å². The topological polar surface area (TPSA) is 204 Å². The Morgan fingerprint density at radius 2 is 1.21 bits per heavy atom. The molecule has 4 heterocycles. The number of aromatic nitrogens is 4. The Kier molecular flexibility index (Phi) is 7.63. The number of nitrogens with one attached hydrogen (secondary N) is 2. The summed E-state index contributed by atoms with van der Waals surface area (Å²) in [5.41, 5.74) is -3.32. The molecule has 208 valence electrons. The van der Waals surface area contributed by atoms with Gasteiger partial charge in [0.1, 0.15) is 12.2 Å². The van der Waals surface area contributed by atoms with E-state index < -0.39 is 91.1 Å². The number of ether oxygens (including phenoxy) is 4. The van der Waals surface area contributed by atoms with Gasteiger partial charge in [-0.1, -0.05) is 0 Å². The van der Waals surface area contributed by atoms with E-state index in [1.807, 2.05) is 9.97 Å². The molecule has 0 amide bonds. The van der Waals surface area contributed by atoms with Crippen molar-refractivity contribution in [2.75, 3.05) is 13.2 Å². The highest BCUT2D eigenvalue weighted by molar-refractivity contribution is 5.61. The SMILES string of the molecule is Cc1cn([C@H]2O[C@@H](CO)[C@H](OC(=O)O[C@@H]3[C@@H](F)[C@@H](n4cc(C)c(=O)[nH]c4=O)O[C@H]3CO)[C@H]2F)c(=O)[nH]c1=O. The summed E-state index contributed by atoms with van der Waals surface area (Å²) in [6.45, 7) is 1.02. The lowest BCUT2D eigenvalue weighted by Gasteiger charge is -2.22. The van der Waals surface area contributed by atoms with E-state index in [0.717, 1.165) is 21.5 Å². The second-order valence-corrected chi connectivity index (χ2v) is 8.76. The van der Waals surface area contributed by atoms with Crippen LogP contribution in [0.2, 0.25) is 0 Å². The molecule has 0 unspecified atom stereocenters. The average Bonchev–Trinajstić information content (AvgIpc) is 3.34. The molecule has 0 aliphatic carbocycles. The van der Waals surface area contributed by atoms with E-state index in [1.165, 1.54) is 13.8 Å². The summed E-state index contributed by atoms with van der Waals surface area (Å²) < 4.78 is 52.5. The number of carbonyl (C=O) groups excluding carboxylic acids is 1. The first-order chi connectivity index (χ1) is 18.0. The van der Waals surface area contributed by atoms with Crippen molar-refractivity contribution in [3.63, 3.8) is 0 Å². The van der Waals surface area contributed by atoms with Gasteiger partial charge < -0.3 is 29.2 Å². The van der Waals surface area contributed by atoms with E-state index in [2.05, 4.69) is 0 Å². The van der Waals surface area contributed by atoms with Crippen molar-refractivity contribution < 1.29 is 42.7 Å². The minimum absolute atomic E-state index is 0.0568. The van der Waals surface area contributed by atoms with E-state index >= 15 is 8.78 Å². The Morgan fingerprint density at radius 3 is 1.55 bits per heavy atom. The molecule has 8 atom stereocenters. The van der Waals surface area contributed by atoms with E-state index in [-0.39, 0.29) is 11.1 Å². The lowest BCUT2D eigenvalue weighted by atomic mass is 10.1. The summed E-state index contributed by atoms with van der Waals surface area (Å²) in [6.07, 6.45) is -14.0. The smallest absolute Gasteiger partial charge is 0.425 e. The molecule has 2 fully saturated rings. The number of nitrogens with zero attached hydrogens (tertiary/aromatic N) is 2. The van der Waals surface area contributed by atoms with Gasteiger partial charge in [0.05, 0.1) is 13.2 Å². The first kappa shape index (κ1) is 27.4. The van der Waals surface area contributed by atoms with Crippen LogP contribution in [0, 0.1) is 13.8 Å². The summed E-state index contributed by atoms with van der Waals surface area (Å²) in [7, 11) is 0. The van der Waals surface area contributed by atoms with Crippen LogP contribution < -0.4 is 22.5 Å². The highest BCUT2D eigenvalue weighted by Crippen LogP contribution is 2.35. The number of halogens is 2. The van der Waals surface area contributed by atoms with Crippen LogP contribution in [0.25, 0.3) is 0 Å². The molecule has 0 radical (unpaired) electrons. The second-order valence-electron chi connectivity index (χ2n) is 8.76. The number of carbonyl (C=O) groups is 1. The zero-order valence-corrected chi connectivity index (χ0v) is 19.9. The summed E-state index contributed by atoms with van der Waals surface area (Å²) >= 11 is 0. The minimum atomic E-state index is -2.23. The number of aliphatic hydroxyl groups is 2. The third kappa shape index (κ3) is 4.92. The zero-order valence-electron chi connectivity index (χ0n) is 19.9. The number of hydrogen-bond donors (Lipinski definition) is 4. The number of alkyl halides is 2. The molecule has 2 aromatic rings. The second kappa shape index (κ2) is 10.6. The Balaban J connectivity index is 1.50. The van der Waals surface area contributed by atoms with Gasteiger partial charge in [-0.25, -0.2) is 23.2 Å². The Labute approximate surface area is 210 Å². The maximum absolute atomic E-state index is 15.3. The number of hydrogen-bond acceptors (Lipinski definition) is 11. The molecule has 17 heteroatoms. The van der Waals surface area contributed by atoms with Gasteiger partial charge >= 0.3 is 17.5 Å². The van der Waals surface area contributed by atoms with E-state index in [9.17, 15) is 34.2 Å². The molecule has 4 rings (SSSR count). The molecule has 4 N–H and O–H groups in total. The van der Waals surface area contributed by atoms with Crippen LogP contribution in [-0.2, 0) is 18.9 Å². The van der Waals surface area contributed by atoms with Gasteiger partial charge in [-0.05, 0) is 13.8 Å². The van der Waals surface area contributed by atoms with Crippen LogP contribution in [0.5, 0.6) is 0 Å². The molecule has 2 saturated heterocycles. The van der Waals surface area contributed by atoms with Gasteiger partial charge in [-0.2, -0.15) is 0 Å². The van der Waals surface area contributed by atoms with Crippen molar-refractivity contribution in [3.8, 4) is 0 Å². The third-order valence-corrected chi connectivity index (χ3v) is 6.20. The number of rotatable bonds is 6. The van der Waals surface area contributed by atoms with Crippen molar-refractivity contribution >= 4 is 6.16 Å². The average molecular weight is 546 g/mol. The number of aliphatic hydroxyl groups excluding tert-OH is 2. The highest BCUT2D eigenvalue weighted by atomic mass is 19.1. The van der Waals surface area contributed by atoms with Crippen LogP contribution in [-0.4, -0.2) is 85.4 Å². The van der Waals surface area contributed by atoms with Crippen molar-refractivity contribution in [1.82, 2.24) is 19.1 Å². The standard InChI is InChI=1S/C21H24F2N4O11/c1-7-3-26(19(32)24-15(7)30)17-11(22)13(9(5-28)35-17)37-21(34)38-14-10(6-29)36-18(12(14)23)27-4-8(2)16(31)25-20(27)33/h3-4,9-14,17-18,28-29H,5-6H2,1-2H3,(H,24,30,32)(H,25,31,33)/t9-,10-,11+,12+,13-,14-,17-,18-/m0/s1. The lowest BCUT2D eigenvalue weighted by Crippen LogP contribution is -2.41. The van der Waals surface area contributed by atoms with Crippen molar-refractivity contribution in [2.45, 2.75) is 63.1 Å². The monoisotopic (exact) mass is 546 g/mol. The van der Waals surface area contributed by atoms with Crippen LogP contribution in [0.15, 0.2) is 31.6 Å². The fourth-order valence-electron chi connectivity index (χ4n) is 4.21. The lowest BCUT2D eigenvalue weighted by molar-refractivity contribution is -0.0776. The summed E-state index contributed by atoms with van der Waals surface area (Å²) in [6, 6.07) is 0. The fraction of sp³-hybridized carbons (Fsp3) is 0.571. The van der Waals surface area contributed by atoms with Crippen molar-refractivity contribution in [1.29, 1.82) is 0 Å². The van der Waals surface area contributed by atoms with Gasteiger partial charge in [-0.3, -0.25) is 28.7 Å². The Morgan fingerprint density at radius 1 is 0.842 bits per heavy atom. The van der Waals surface area contributed by atoms with Crippen LogP contribution in [0.4, 0.5) is 13.6 Å². The molecule has 2 aliphatic heterocycles. The largest absolute Gasteiger partial charge is 0.509 e. The minimum Gasteiger partial charge on any atom is -0.425 e. The van der Waals surface area contributed by atoms with Gasteiger partial charge in [-0.15, -0.1) is 0 Å². The molecular formula is C21H24F2N4O11. The van der Waals surface area contributed by atoms with Gasteiger partial charge in [0.2, 0.25) is 0 Å². The molecule has 2 aromatic heterocycles. The van der Waals surface area contributed by atoms with Crippen molar-refractivity contribution in [3.05, 3.63) is 65.2 Å². The van der Waals surface area contributed by atoms with Crippen LogP contribution in [0.3, 0.4) is 0 Å².